The largest absolute Gasteiger partial charge is 0.352 e. The molecule has 1 aliphatic rings. The minimum absolute atomic E-state index is 0.0586. The lowest BCUT2D eigenvalue weighted by atomic mass is 10.0. The first-order valence-electron chi connectivity index (χ1n) is 11.1. The van der Waals surface area contributed by atoms with Crippen molar-refractivity contribution in [1.29, 1.82) is 0 Å². The number of pyridine rings is 2. The first-order chi connectivity index (χ1) is 16.7. The van der Waals surface area contributed by atoms with Crippen LogP contribution in [-0.4, -0.2) is 37.0 Å². The van der Waals surface area contributed by atoms with Crippen molar-refractivity contribution in [3.8, 4) is 5.69 Å². The Morgan fingerprint density at radius 1 is 1.00 bits per heavy atom. The summed E-state index contributed by atoms with van der Waals surface area (Å²) in [5.41, 5.74) is 3.68. The van der Waals surface area contributed by atoms with Crippen LogP contribution in [0.2, 0.25) is 0 Å². The highest BCUT2D eigenvalue weighted by Gasteiger charge is 2.41. The predicted octanol–water partition coefficient (Wildman–Crippen LogP) is 4.27. The van der Waals surface area contributed by atoms with E-state index >= 15 is 0 Å². The van der Waals surface area contributed by atoms with Crippen molar-refractivity contribution < 1.29 is 4.79 Å². The zero-order valence-corrected chi connectivity index (χ0v) is 19.2. The second-order valence-corrected chi connectivity index (χ2v) is 8.39. The third kappa shape index (κ3) is 4.53. The summed E-state index contributed by atoms with van der Waals surface area (Å²) in [4.78, 5) is 23.6. The average Bonchev–Trinajstić information content (AvgIpc) is 3.48. The number of aromatic nitrogens is 3. The fourth-order valence-corrected chi connectivity index (χ4v) is 4.63. The van der Waals surface area contributed by atoms with Gasteiger partial charge in [0.25, 0.3) is 0 Å². The fourth-order valence-electron chi connectivity index (χ4n) is 4.30. The molecule has 4 heterocycles. The first kappa shape index (κ1) is 21.8. The van der Waals surface area contributed by atoms with Crippen LogP contribution in [0.15, 0.2) is 97.6 Å². The third-order valence-electron chi connectivity index (χ3n) is 5.84. The summed E-state index contributed by atoms with van der Waals surface area (Å²) < 4.78 is 2.11. The SMILES string of the molecule is O=C(CCN1C(=S)N[C@@H](c2ccccn2)[C@@H]1c1cccn1-c1cccnc1)Nc1ccccc1. The van der Waals surface area contributed by atoms with Gasteiger partial charge in [-0.2, -0.15) is 0 Å². The number of carbonyl (C=O) groups excluding carboxylic acids is 1. The maximum atomic E-state index is 12.7. The molecule has 0 radical (unpaired) electrons. The molecular formula is C26H24N6OS. The minimum atomic E-state index is -0.156. The third-order valence-corrected chi connectivity index (χ3v) is 6.19. The Morgan fingerprint density at radius 3 is 2.62 bits per heavy atom. The van der Waals surface area contributed by atoms with E-state index in [0.29, 0.717) is 18.1 Å². The maximum Gasteiger partial charge on any atom is 0.226 e. The van der Waals surface area contributed by atoms with Gasteiger partial charge in [0.1, 0.15) is 0 Å². The number of hydrogen-bond donors (Lipinski definition) is 2. The monoisotopic (exact) mass is 468 g/mol. The summed E-state index contributed by atoms with van der Waals surface area (Å²) in [6.45, 7) is 0.469. The lowest BCUT2D eigenvalue weighted by Crippen LogP contribution is -2.33. The molecule has 1 amide bonds. The molecule has 8 heteroatoms. The van der Waals surface area contributed by atoms with Crippen LogP contribution in [0.5, 0.6) is 0 Å². The van der Waals surface area contributed by atoms with E-state index in [1.54, 1.807) is 12.4 Å². The van der Waals surface area contributed by atoms with Gasteiger partial charge in [-0.05, 0) is 60.7 Å². The average molecular weight is 469 g/mol. The van der Waals surface area contributed by atoms with Gasteiger partial charge in [-0.1, -0.05) is 24.3 Å². The highest BCUT2D eigenvalue weighted by Crippen LogP contribution is 2.39. The Hall–Kier alpha value is -4.04. The molecule has 4 aromatic rings. The van der Waals surface area contributed by atoms with E-state index in [1.807, 2.05) is 79.1 Å². The van der Waals surface area contributed by atoms with Crippen LogP contribution in [-0.2, 0) is 4.79 Å². The lowest BCUT2D eigenvalue weighted by Gasteiger charge is -2.28. The Balaban J connectivity index is 1.44. The summed E-state index contributed by atoms with van der Waals surface area (Å²) in [5.74, 6) is -0.0586. The number of amides is 1. The smallest absolute Gasteiger partial charge is 0.226 e. The molecule has 0 spiro atoms. The highest BCUT2D eigenvalue weighted by atomic mass is 32.1. The van der Waals surface area contributed by atoms with Gasteiger partial charge in [-0.3, -0.25) is 14.8 Å². The number of thiocarbonyl (C=S) groups is 1. The van der Waals surface area contributed by atoms with Gasteiger partial charge in [0.2, 0.25) is 5.91 Å². The van der Waals surface area contributed by atoms with E-state index in [4.69, 9.17) is 12.2 Å². The van der Waals surface area contributed by atoms with Crippen LogP contribution in [0.25, 0.3) is 5.69 Å². The Bertz CT molecular complexity index is 1260. The van der Waals surface area contributed by atoms with Crippen molar-refractivity contribution in [3.05, 3.63) is 109 Å². The molecule has 34 heavy (non-hydrogen) atoms. The standard InChI is InChI=1S/C26H24N6OS/c33-23(29-19-8-2-1-3-9-19)13-17-32-25(24(30-26(32)34)21-11-4-5-15-28-21)22-12-7-16-31(22)20-10-6-14-27-18-20/h1-12,14-16,18,24-25H,13,17H2,(H,29,33)(H,30,34)/t24-,25-/m0/s1. The fraction of sp³-hybridized carbons (Fsp3) is 0.154. The van der Waals surface area contributed by atoms with Crippen molar-refractivity contribution in [2.24, 2.45) is 0 Å². The Morgan fingerprint density at radius 2 is 1.85 bits per heavy atom. The van der Waals surface area contributed by atoms with E-state index in [9.17, 15) is 4.79 Å². The number of anilines is 1. The molecule has 0 bridgehead atoms. The zero-order valence-electron chi connectivity index (χ0n) is 18.4. The summed E-state index contributed by atoms with van der Waals surface area (Å²) in [5, 5.41) is 7.00. The van der Waals surface area contributed by atoms with Gasteiger partial charge < -0.3 is 20.1 Å². The van der Waals surface area contributed by atoms with Gasteiger partial charge in [-0.25, -0.2) is 0 Å². The second kappa shape index (κ2) is 9.84. The predicted molar refractivity (Wildman–Crippen MR) is 135 cm³/mol. The van der Waals surface area contributed by atoms with Crippen molar-refractivity contribution in [3.63, 3.8) is 0 Å². The number of carbonyl (C=O) groups is 1. The van der Waals surface area contributed by atoms with Gasteiger partial charge in [-0.15, -0.1) is 0 Å². The van der Waals surface area contributed by atoms with Crippen molar-refractivity contribution >= 4 is 28.9 Å². The molecule has 7 nitrogen and oxygen atoms in total. The van der Waals surface area contributed by atoms with Crippen LogP contribution in [0.3, 0.4) is 0 Å². The van der Waals surface area contributed by atoms with E-state index in [2.05, 4.69) is 36.1 Å². The second-order valence-electron chi connectivity index (χ2n) is 8.00. The molecule has 0 aliphatic carbocycles. The van der Waals surface area contributed by atoms with Gasteiger partial charge >= 0.3 is 0 Å². The Labute approximate surface area is 203 Å². The molecule has 2 N–H and O–H groups in total. The molecule has 1 saturated heterocycles. The topological polar surface area (TPSA) is 75.1 Å². The molecule has 0 saturated carbocycles. The van der Waals surface area contributed by atoms with Gasteiger partial charge in [0.15, 0.2) is 5.11 Å². The van der Waals surface area contributed by atoms with Gasteiger partial charge in [0, 0.05) is 42.9 Å². The molecule has 1 aliphatic heterocycles. The lowest BCUT2D eigenvalue weighted by molar-refractivity contribution is -0.116. The molecule has 0 unspecified atom stereocenters. The molecular weight excluding hydrogens is 444 g/mol. The quantitative estimate of drug-likeness (QED) is 0.395. The van der Waals surface area contributed by atoms with E-state index in [0.717, 1.165) is 22.8 Å². The Kier molecular flexibility index (Phi) is 6.31. The number of benzene rings is 1. The van der Waals surface area contributed by atoms with Crippen LogP contribution in [0.4, 0.5) is 5.69 Å². The van der Waals surface area contributed by atoms with E-state index in [-0.39, 0.29) is 18.0 Å². The molecule has 170 valence electrons. The molecule has 5 rings (SSSR count). The normalized spacial score (nSPS) is 17.4. The van der Waals surface area contributed by atoms with Crippen molar-refractivity contribution in [1.82, 2.24) is 24.8 Å². The van der Waals surface area contributed by atoms with Crippen molar-refractivity contribution in [2.45, 2.75) is 18.5 Å². The summed E-state index contributed by atoms with van der Waals surface area (Å²) in [7, 11) is 0. The number of nitrogens with one attached hydrogen (secondary N) is 2. The van der Waals surface area contributed by atoms with Crippen LogP contribution in [0, 0.1) is 0 Å². The summed E-state index contributed by atoms with van der Waals surface area (Å²) >= 11 is 5.74. The molecule has 2 atom stereocenters. The maximum absolute atomic E-state index is 12.7. The summed E-state index contributed by atoms with van der Waals surface area (Å²) in [6, 6.07) is 23.1. The number of hydrogen-bond acceptors (Lipinski definition) is 4. The van der Waals surface area contributed by atoms with E-state index in [1.165, 1.54) is 0 Å². The number of nitrogens with zero attached hydrogens (tertiary/aromatic N) is 4. The summed E-state index contributed by atoms with van der Waals surface area (Å²) in [6.07, 6.45) is 7.69. The number of rotatable bonds is 7. The van der Waals surface area contributed by atoms with Crippen LogP contribution in [0.1, 0.15) is 29.9 Å². The minimum Gasteiger partial charge on any atom is -0.352 e. The van der Waals surface area contributed by atoms with Crippen molar-refractivity contribution in [2.75, 3.05) is 11.9 Å². The molecule has 1 fully saturated rings. The van der Waals surface area contributed by atoms with Crippen LogP contribution >= 0.6 is 12.2 Å². The molecule has 1 aromatic carbocycles. The zero-order chi connectivity index (χ0) is 23.3. The van der Waals surface area contributed by atoms with Gasteiger partial charge in [0.05, 0.1) is 29.7 Å². The first-order valence-corrected chi connectivity index (χ1v) is 11.5. The molecule has 3 aromatic heterocycles. The van der Waals surface area contributed by atoms with E-state index < -0.39 is 0 Å². The number of para-hydroxylation sites is 1. The highest BCUT2D eigenvalue weighted by molar-refractivity contribution is 7.80. The van der Waals surface area contributed by atoms with Crippen LogP contribution < -0.4 is 10.6 Å².